The number of halogens is 1. The molecule has 42 heavy (non-hydrogen) atoms. The number of urea groups is 1. The number of Topliss-reactive ketones (excluding diaryl/α,β-unsaturated/α-hetero) is 1. The van der Waals surface area contributed by atoms with E-state index in [0.717, 1.165) is 24.0 Å². The van der Waals surface area contributed by atoms with Crippen LogP contribution in [0.2, 0.25) is 0 Å². The van der Waals surface area contributed by atoms with Crippen LogP contribution in [0.25, 0.3) is 0 Å². The molecule has 0 radical (unpaired) electrons. The molecule has 0 unspecified atom stereocenters. The van der Waals surface area contributed by atoms with Crippen molar-refractivity contribution in [3.8, 4) is 0 Å². The van der Waals surface area contributed by atoms with Crippen molar-refractivity contribution in [2.75, 3.05) is 6.54 Å². The van der Waals surface area contributed by atoms with E-state index in [4.69, 9.17) is 9.47 Å². The van der Waals surface area contributed by atoms with Crippen LogP contribution in [0.5, 0.6) is 0 Å². The highest BCUT2D eigenvalue weighted by Gasteiger charge is 2.31. The lowest BCUT2D eigenvalue weighted by atomic mass is 9.88. The first-order valence-corrected chi connectivity index (χ1v) is 15.5. The van der Waals surface area contributed by atoms with Gasteiger partial charge < -0.3 is 25.4 Å². The summed E-state index contributed by atoms with van der Waals surface area (Å²) in [5.41, 5.74) is -0.513. The Morgan fingerprint density at radius 2 is 1.26 bits per heavy atom. The predicted molar refractivity (Wildman–Crippen MR) is 169 cm³/mol. The van der Waals surface area contributed by atoms with Crippen molar-refractivity contribution >= 4 is 39.7 Å². The fourth-order valence-corrected chi connectivity index (χ4v) is 4.28. The first-order valence-electron chi connectivity index (χ1n) is 14.7. The van der Waals surface area contributed by atoms with Gasteiger partial charge in [0, 0.05) is 23.9 Å². The zero-order valence-corrected chi connectivity index (χ0v) is 28.5. The first kappa shape index (κ1) is 37.6. The topological polar surface area (TPSA) is 123 Å². The van der Waals surface area contributed by atoms with Crippen LogP contribution in [0, 0.1) is 5.41 Å². The van der Waals surface area contributed by atoms with Crippen molar-refractivity contribution < 1.29 is 28.7 Å². The number of unbranched alkanes of at least 4 members (excludes halogenated alkanes) is 1. The Kier molecular flexibility index (Phi) is 15.2. The number of ether oxygens (including phenoxy) is 2. The van der Waals surface area contributed by atoms with Crippen molar-refractivity contribution in [3.63, 3.8) is 0 Å². The van der Waals surface area contributed by atoms with Gasteiger partial charge in [-0.1, -0.05) is 48.8 Å². The molecule has 0 fully saturated rings. The van der Waals surface area contributed by atoms with Crippen LogP contribution in [-0.2, 0) is 30.4 Å². The smallest absolute Gasteiger partial charge is 0.329 e. The normalized spacial score (nSPS) is 13.6. The van der Waals surface area contributed by atoms with Crippen LogP contribution in [0.4, 0.5) is 4.79 Å². The van der Waals surface area contributed by atoms with Gasteiger partial charge in [0.05, 0.1) is 0 Å². The van der Waals surface area contributed by atoms with Gasteiger partial charge in [-0.2, -0.15) is 0 Å². The first-order chi connectivity index (χ1) is 19.2. The molecule has 0 aliphatic rings. The summed E-state index contributed by atoms with van der Waals surface area (Å²) in [6, 6.07) is 5.44. The fourth-order valence-electron chi connectivity index (χ4n) is 4.02. The van der Waals surface area contributed by atoms with Crippen molar-refractivity contribution in [1.29, 1.82) is 0 Å². The molecule has 2 atom stereocenters. The summed E-state index contributed by atoms with van der Waals surface area (Å²) in [7, 11) is 0. The average molecular weight is 655 g/mol. The summed E-state index contributed by atoms with van der Waals surface area (Å²) < 4.78 is 12.1. The molecule has 1 aromatic carbocycles. The third-order valence-electron chi connectivity index (χ3n) is 5.77. The van der Waals surface area contributed by atoms with E-state index >= 15 is 0 Å². The van der Waals surface area contributed by atoms with Crippen LogP contribution >= 0.6 is 15.9 Å². The maximum atomic E-state index is 13.1. The van der Waals surface area contributed by atoms with Crippen molar-refractivity contribution in [1.82, 2.24) is 16.0 Å². The maximum Gasteiger partial charge on any atom is 0.329 e. The van der Waals surface area contributed by atoms with E-state index in [1.54, 1.807) is 41.5 Å². The van der Waals surface area contributed by atoms with Crippen molar-refractivity contribution in [2.45, 2.75) is 131 Å². The van der Waals surface area contributed by atoms with E-state index < -0.39 is 41.3 Å². The second-order valence-corrected chi connectivity index (χ2v) is 14.8. The summed E-state index contributed by atoms with van der Waals surface area (Å²) in [5.74, 6) is -1.18. The number of hydrogen-bond acceptors (Lipinski definition) is 7. The number of carbonyl (C=O) groups excluding carboxylic acids is 4. The summed E-state index contributed by atoms with van der Waals surface area (Å²) in [6.07, 6.45) is 2.38. The molecule has 10 heteroatoms. The molecule has 2 amide bonds. The van der Waals surface area contributed by atoms with Gasteiger partial charge in [0.15, 0.2) is 0 Å². The van der Waals surface area contributed by atoms with Crippen molar-refractivity contribution in [3.05, 3.63) is 34.3 Å². The number of carbonyl (C=O) groups is 4. The average Bonchev–Trinajstić information content (AvgIpc) is 2.80. The fraction of sp³-hybridized carbons (Fsp3) is 0.688. The van der Waals surface area contributed by atoms with Crippen LogP contribution in [-0.4, -0.2) is 53.6 Å². The molecular formula is C32H52BrN3O6. The Balaban J connectivity index is 2.80. The Bertz CT molecular complexity index is 1020. The van der Waals surface area contributed by atoms with E-state index in [2.05, 4.69) is 31.9 Å². The zero-order valence-electron chi connectivity index (χ0n) is 26.9. The number of amides is 2. The monoisotopic (exact) mass is 653 g/mol. The largest absolute Gasteiger partial charge is 0.458 e. The third kappa shape index (κ3) is 18.2. The number of benzene rings is 1. The molecule has 1 rings (SSSR count). The molecule has 0 bridgehead atoms. The molecular weight excluding hydrogens is 602 g/mol. The summed E-state index contributed by atoms with van der Waals surface area (Å²) >= 11 is 3.43. The van der Waals surface area contributed by atoms with E-state index in [1.165, 1.54) is 5.56 Å². The van der Waals surface area contributed by atoms with Gasteiger partial charge in [-0.05, 0) is 96.9 Å². The van der Waals surface area contributed by atoms with Gasteiger partial charge in [0.1, 0.15) is 29.1 Å². The van der Waals surface area contributed by atoms with Crippen LogP contribution in [0.3, 0.4) is 0 Å². The number of esters is 2. The summed E-state index contributed by atoms with van der Waals surface area (Å²) in [4.78, 5) is 51.4. The standard InChI is InChI=1S/C32H52BrN3O6/c1-30(2,3)20-24(37)17-18-26(28(39)42-32(7,8)9)36-29(40)35-25(27(38)41-31(4,5)6)12-10-11-19-34-21-22-13-15-23(33)16-14-22/h13-16,25-26,34H,10-12,17-21H2,1-9H3,(H2,35,36,40)/t25-,26-/m0/s1. The molecule has 0 heterocycles. The van der Waals surface area contributed by atoms with Crippen LogP contribution < -0.4 is 16.0 Å². The van der Waals surface area contributed by atoms with Gasteiger partial charge in [-0.3, -0.25) is 4.79 Å². The van der Waals surface area contributed by atoms with Crippen molar-refractivity contribution in [2.24, 2.45) is 5.41 Å². The second kappa shape index (κ2) is 17.0. The highest BCUT2D eigenvalue weighted by molar-refractivity contribution is 9.10. The lowest BCUT2D eigenvalue weighted by molar-refractivity contribution is -0.157. The minimum Gasteiger partial charge on any atom is -0.458 e. The molecule has 1 aromatic rings. The second-order valence-electron chi connectivity index (χ2n) is 13.9. The number of nitrogens with one attached hydrogen (secondary N) is 3. The quantitative estimate of drug-likeness (QED) is 0.152. The van der Waals surface area contributed by atoms with Gasteiger partial charge in [0.2, 0.25) is 0 Å². The highest BCUT2D eigenvalue weighted by Crippen LogP contribution is 2.21. The zero-order chi connectivity index (χ0) is 32.1. The van der Waals surface area contributed by atoms with E-state index in [0.29, 0.717) is 19.3 Å². The number of rotatable bonds is 15. The maximum absolute atomic E-state index is 13.1. The minimum atomic E-state index is -1.05. The Hall–Kier alpha value is -2.46. The van der Waals surface area contributed by atoms with E-state index in [-0.39, 0.29) is 24.0 Å². The van der Waals surface area contributed by atoms with Crippen LogP contribution in [0.15, 0.2) is 28.7 Å². The molecule has 0 saturated carbocycles. The molecule has 0 aromatic heterocycles. The molecule has 0 spiro atoms. The lowest BCUT2D eigenvalue weighted by Crippen LogP contribution is -2.53. The van der Waals surface area contributed by atoms with Crippen LogP contribution in [0.1, 0.15) is 106 Å². The molecule has 0 aliphatic carbocycles. The summed E-state index contributed by atoms with van der Waals surface area (Å²) in [5, 5.41) is 8.72. The highest BCUT2D eigenvalue weighted by atomic mass is 79.9. The Morgan fingerprint density at radius 1 is 0.762 bits per heavy atom. The van der Waals surface area contributed by atoms with E-state index in [1.807, 2.05) is 45.0 Å². The number of ketones is 1. The summed E-state index contributed by atoms with van der Waals surface area (Å²) in [6.45, 7) is 17.9. The van der Waals surface area contributed by atoms with Gasteiger partial charge in [-0.25, -0.2) is 14.4 Å². The van der Waals surface area contributed by atoms with Gasteiger partial charge in [0.25, 0.3) is 0 Å². The molecule has 0 saturated heterocycles. The predicted octanol–water partition coefficient (Wildman–Crippen LogP) is 6.21. The Labute approximate surface area is 260 Å². The third-order valence-corrected chi connectivity index (χ3v) is 6.30. The minimum absolute atomic E-state index is 0.00126. The van der Waals surface area contributed by atoms with E-state index in [9.17, 15) is 19.2 Å². The van der Waals surface area contributed by atoms with Gasteiger partial charge in [-0.15, -0.1) is 0 Å². The SMILES string of the molecule is CC(C)(C)CC(=O)CC[C@H](NC(=O)N[C@@H](CCCCNCc1ccc(Br)cc1)C(=O)OC(C)(C)C)C(=O)OC(C)(C)C. The molecule has 0 aliphatic heterocycles. The van der Waals surface area contributed by atoms with Gasteiger partial charge >= 0.3 is 18.0 Å². The number of hydrogen-bond donors (Lipinski definition) is 3. The Morgan fingerprint density at radius 3 is 1.74 bits per heavy atom. The molecule has 238 valence electrons. The molecule has 9 nitrogen and oxygen atoms in total. The molecule has 3 N–H and O–H groups in total. The lowest BCUT2D eigenvalue weighted by Gasteiger charge is -2.27.